The van der Waals surface area contributed by atoms with Crippen LogP contribution in [-0.2, 0) is 16.1 Å². The summed E-state index contributed by atoms with van der Waals surface area (Å²) in [4.78, 5) is 28.1. The fourth-order valence-corrected chi connectivity index (χ4v) is 5.39. The van der Waals surface area contributed by atoms with E-state index in [4.69, 9.17) is 9.47 Å². The highest BCUT2D eigenvalue weighted by molar-refractivity contribution is 6.07. The minimum absolute atomic E-state index is 0.0472. The topological polar surface area (TPSA) is 76.1 Å². The molecule has 6 heteroatoms. The number of amides is 2. The molecular formula is C25H25NO5. The molecule has 1 fully saturated rings. The number of benzene rings is 2. The first-order valence-corrected chi connectivity index (χ1v) is 10.5. The van der Waals surface area contributed by atoms with Crippen LogP contribution < -0.4 is 9.47 Å². The van der Waals surface area contributed by atoms with Crippen molar-refractivity contribution in [1.82, 2.24) is 4.90 Å². The Balaban J connectivity index is 1.55. The van der Waals surface area contributed by atoms with Gasteiger partial charge in [0.25, 0.3) is 0 Å². The molecule has 3 atom stereocenters. The number of carbonyl (C=O) groups is 2. The summed E-state index contributed by atoms with van der Waals surface area (Å²) in [5, 5.41) is 10.6. The van der Waals surface area contributed by atoms with Crippen molar-refractivity contribution < 1.29 is 24.2 Å². The van der Waals surface area contributed by atoms with Crippen LogP contribution in [0.2, 0.25) is 0 Å². The summed E-state index contributed by atoms with van der Waals surface area (Å²) in [5.74, 6) is -0.769. The van der Waals surface area contributed by atoms with Crippen molar-refractivity contribution in [3.8, 4) is 17.2 Å². The lowest BCUT2D eigenvalue weighted by Gasteiger charge is -2.46. The van der Waals surface area contributed by atoms with Crippen LogP contribution in [0.15, 0.2) is 48.5 Å². The number of hydrogen-bond acceptors (Lipinski definition) is 5. The normalized spacial score (nSPS) is 25.8. The highest BCUT2D eigenvalue weighted by Crippen LogP contribution is 2.57. The Kier molecular flexibility index (Phi) is 4.36. The molecule has 2 heterocycles. The van der Waals surface area contributed by atoms with Crippen molar-refractivity contribution >= 4 is 17.4 Å². The van der Waals surface area contributed by atoms with Crippen LogP contribution in [0.1, 0.15) is 31.4 Å². The third kappa shape index (κ3) is 2.85. The van der Waals surface area contributed by atoms with Crippen molar-refractivity contribution in [1.29, 1.82) is 0 Å². The number of hydrogen-bond donors (Lipinski definition) is 1. The van der Waals surface area contributed by atoms with E-state index in [2.05, 4.69) is 0 Å². The summed E-state index contributed by atoms with van der Waals surface area (Å²) >= 11 is 0. The van der Waals surface area contributed by atoms with Gasteiger partial charge in [0.1, 0.15) is 5.60 Å². The number of phenols is 1. The SMILES string of the molecule is COc1ccc2c(c1O)OC(C)(C)[C@@H]1C2=CC[C@@H]2C(=O)N(Cc3ccccc3)C(=O)[C@@H]21. The van der Waals surface area contributed by atoms with Gasteiger partial charge in [0.2, 0.25) is 17.6 Å². The molecule has 1 saturated heterocycles. The van der Waals surface area contributed by atoms with Crippen molar-refractivity contribution in [2.75, 3.05) is 7.11 Å². The number of ether oxygens (including phenoxy) is 2. The highest BCUT2D eigenvalue weighted by Gasteiger charge is 2.59. The quantitative estimate of drug-likeness (QED) is 0.767. The lowest BCUT2D eigenvalue weighted by atomic mass is 9.64. The van der Waals surface area contributed by atoms with Crippen LogP contribution in [0.4, 0.5) is 0 Å². The van der Waals surface area contributed by atoms with Crippen molar-refractivity contribution in [2.45, 2.75) is 32.4 Å². The molecule has 6 nitrogen and oxygen atoms in total. The van der Waals surface area contributed by atoms with E-state index in [0.717, 1.165) is 16.7 Å². The van der Waals surface area contributed by atoms with Gasteiger partial charge < -0.3 is 14.6 Å². The number of fused-ring (bicyclic) bond motifs is 5. The minimum Gasteiger partial charge on any atom is -0.502 e. The van der Waals surface area contributed by atoms with Crippen molar-refractivity contribution in [3.63, 3.8) is 0 Å². The number of rotatable bonds is 3. The Morgan fingerprint density at radius 2 is 1.87 bits per heavy atom. The van der Waals surface area contributed by atoms with E-state index in [1.807, 2.05) is 56.3 Å². The molecule has 2 amide bonds. The molecule has 0 radical (unpaired) electrons. The molecule has 2 aromatic carbocycles. The maximum Gasteiger partial charge on any atom is 0.234 e. The average Bonchev–Trinajstić information content (AvgIpc) is 2.99. The molecule has 3 aliphatic rings. The molecule has 2 aliphatic heterocycles. The first kappa shape index (κ1) is 19.7. The summed E-state index contributed by atoms with van der Waals surface area (Å²) in [6.45, 7) is 4.10. The van der Waals surface area contributed by atoms with Crippen LogP contribution in [0.3, 0.4) is 0 Å². The maximum atomic E-state index is 13.5. The van der Waals surface area contributed by atoms with Gasteiger partial charge in [-0.1, -0.05) is 36.4 Å². The summed E-state index contributed by atoms with van der Waals surface area (Å²) in [7, 11) is 1.49. The average molecular weight is 419 g/mol. The predicted molar refractivity (Wildman–Crippen MR) is 114 cm³/mol. The Morgan fingerprint density at radius 3 is 2.58 bits per heavy atom. The number of nitrogens with zero attached hydrogens (tertiary/aromatic N) is 1. The number of aromatic hydroxyl groups is 1. The van der Waals surface area contributed by atoms with Crippen LogP contribution in [0.25, 0.3) is 5.57 Å². The van der Waals surface area contributed by atoms with Crippen LogP contribution in [0, 0.1) is 17.8 Å². The predicted octanol–water partition coefficient (Wildman–Crippen LogP) is 3.78. The van der Waals surface area contributed by atoms with Gasteiger partial charge in [-0.3, -0.25) is 14.5 Å². The van der Waals surface area contributed by atoms with Gasteiger partial charge in [0.15, 0.2) is 11.5 Å². The molecule has 0 saturated carbocycles. The van der Waals surface area contributed by atoms with E-state index in [-0.39, 0.29) is 35.9 Å². The second-order valence-electron chi connectivity index (χ2n) is 8.95. The van der Waals surface area contributed by atoms with E-state index < -0.39 is 11.5 Å². The number of imide groups is 1. The highest BCUT2D eigenvalue weighted by atomic mass is 16.5. The van der Waals surface area contributed by atoms with E-state index >= 15 is 0 Å². The van der Waals surface area contributed by atoms with Crippen LogP contribution >= 0.6 is 0 Å². The maximum absolute atomic E-state index is 13.5. The molecule has 0 bridgehead atoms. The second-order valence-corrected chi connectivity index (χ2v) is 8.95. The molecule has 160 valence electrons. The van der Waals surface area contributed by atoms with E-state index in [9.17, 15) is 14.7 Å². The van der Waals surface area contributed by atoms with Gasteiger partial charge in [0.05, 0.1) is 25.5 Å². The summed E-state index contributed by atoms with van der Waals surface area (Å²) in [5.41, 5.74) is 1.85. The van der Waals surface area contributed by atoms with Gasteiger partial charge in [-0.25, -0.2) is 0 Å². The van der Waals surface area contributed by atoms with E-state index in [0.29, 0.717) is 17.9 Å². The third-order valence-electron chi connectivity index (χ3n) is 6.78. The molecular weight excluding hydrogens is 394 g/mol. The monoisotopic (exact) mass is 419 g/mol. The summed E-state index contributed by atoms with van der Waals surface area (Å²) in [6, 6.07) is 13.1. The van der Waals surface area contributed by atoms with Crippen LogP contribution in [-0.4, -0.2) is 34.5 Å². The smallest absolute Gasteiger partial charge is 0.234 e. The zero-order valence-corrected chi connectivity index (χ0v) is 17.8. The Labute approximate surface area is 181 Å². The molecule has 31 heavy (non-hydrogen) atoms. The second kappa shape index (κ2) is 6.87. The number of methoxy groups -OCH3 is 1. The molecule has 1 aliphatic carbocycles. The van der Waals surface area contributed by atoms with Gasteiger partial charge in [-0.05, 0) is 43.5 Å². The number of likely N-dealkylation sites (tertiary alicyclic amines) is 1. The Hall–Kier alpha value is -3.28. The molecule has 5 rings (SSSR count). The van der Waals surface area contributed by atoms with Gasteiger partial charge in [0, 0.05) is 11.5 Å². The lowest BCUT2D eigenvalue weighted by molar-refractivity contribution is -0.141. The first-order chi connectivity index (χ1) is 14.8. The number of phenolic OH excluding ortho intramolecular Hbond substituents is 1. The minimum atomic E-state index is -0.787. The van der Waals surface area contributed by atoms with Gasteiger partial charge in [-0.15, -0.1) is 0 Å². The standard InChI is InChI=1S/C25H25NO5/c1-25(2)20-15(16-11-12-18(30-3)21(27)22(16)31-25)9-10-17-19(20)24(29)26(23(17)28)13-14-7-5-4-6-8-14/h4-9,11-12,17,19-20,27H,10,13H2,1-3H3/t17-,19-,20+/m0/s1. The fourth-order valence-electron chi connectivity index (χ4n) is 5.39. The zero-order valence-electron chi connectivity index (χ0n) is 17.8. The molecule has 0 unspecified atom stereocenters. The number of carbonyl (C=O) groups excluding carboxylic acids is 2. The van der Waals surface area contributed by atoms with E-state index in [1.165, 1.54) is 12.0 Å². The van der Waals surface area contributed by atoms with Crippen LogP contribution in [0.5, 0.6) is 17.2 Å². The first-order valence-electron chi connectivity index (χ1n) is 10.5. The molecule has 1 N–H and O–H groups in total. The number of allylic oxidation sites excluding steroid dienone is 1. The third-order valence-corrected chi connectivity index (χ3v) is 6.78. The molecule has 2 aromatic rings. The molecule has 0 spiro atoms. The van der Waals surface area contributed by atoms with E-state index in [1.54, 1.807) is 6.07 Å². The Morgan fingerprint density at radius 1 is 1.13 bits per heavy atom. The lowest BCUT2D eigenvalue weighted by Crippen LogP contribution is -2.49. The molecule has 0 aromatic heterocycles. The largest absolute Gasteiger partial charge is 0.502 e. The summed E-state index contributed by atoms with van der Waals surface area (Å²) in [6.07, 6.45) is 2.53. The van der Waals surface area contributed by atoms with Crippen molar-refractivity contribution in [3.05, 3.63) is 59.7 Å². The Bertz CT molecular complexity index is 1100. The van der Waals surface area contributed by atoms with Gasteiger partial charge in [-0.2, -0.15) is 0 Å². The fraction of sp³-hybridized carbons (Fsp3) is 0.360. The van der Waals surface area contributed by atoms with Crippen molar-refractivity contribution in [2.24, 2.45) is 17.8 Å². The van der Waals surface area contributed by atoms with Gasteiger partial charge >= 0.3 is 0 Å². The zero-order chi connectivity index (χ0) is 21.9. The summed E-state index contributed by atoms with van der Waals surface area (Å²) < 4.78 is 11.5.